The number of halogens is 4. The number of hydrogen-bond donors (Lipinski definition) is 2. The fraction of sp³-hybridized carbons (Fsp3) is 0.333. The molecule has 0 unspecified atom stereocenters. The van der Waals surface area contributed by atoms with Crippen molar-refractivity contribution in [3.8, 4) is 0 Å². The number of carboxylic acids is 1. The zero-order chi connectivity index (χ0) is 16.0. The SMILES string of the molecule is O=C(O)COCCNC(=O)c1cc(C(F)(F)F)ccc1Br. The third-order valence-electron chi connectivity index (χ3n) is 2.30. The van der Waals surface area contributed by atoms with Gasteiger partial charge in [-0.2, -0.15) is 13.2 Å². The zero-order valence-corrected chi connectivity index (χ0v) is 12.1. The van der Waals surface area contributed by atoms with Gasteiger partial charge in [0.25, 0.3) is 5.91 Å². The van der Waals surface area contributed by atoms with E-state index < -0.39 is 30.2 Å². The predicted molar refractivity (Wildman–Crippen MR) is 69.9 cm³/mol. The van der Waals surface area contributed by atoms with Crippen LogP contribution in [0.2, 0.25) is 0 Å². The number of ether oxygens (including phenoxy) is 1. The fourth-order valence-corrected chi connectivity index (χ4v) is 1.79. The van der Waals surface area contributed by atoms with Crippen molar-refractivity contribution in [1.29, 1.82) is 0 Å². The molecule has 21 heavy (non-hydrogen) atoms. The van der Waals surface area contributed by atoms with E-state index in [-0.39, 0.29) is 23.2 Å². The van der Waals surface area contributed by atoms with Crippen LogP contribution >= 0.6 is 15.9 Å². The molecule has 1 aromatic rings. The third kappa shape index (κ3) is 5.72. The Hall–Kier alpha value is -1.61. The molecule has 0 spiro atoms. The molecular weight excluding hydrogens is 359 g/mol. The topological polar surface area (TPSA) is 75.6 Å². The number of carboxylic acid groups (broad SMARTS) is 1. The Labute approximate surface area is 126 Å². The number of rotatable bonds is 6. The summed E-state index contributed by atoms with van der Waals surface area (Å²) in [5.41, 5.74) is -1.10. The molecule has 0 atom stereocenters. The average molecular weight is 370 g/mol. The van der Waals surface area contributed by atoms with Gasteiger partial charge in [-0.25, -0.2) is 4.79 Å². The molecule has 0 aliphatic heterocycles. The quantitative estimate of drug-likeness (QED) is 0.754. The Bertz CT molecular complexity index is 534. The Kier molecular flexibility index (Phi) is 6.16. The molecule has 9 heteroatoms. The fourth-order valence-electron chi connectivity index (χ4n) is 1.37. The van der Waals surface area contributed by atoms with Crippen LogP contribution in [0.5, 0.6) is 0 Å². The van der Waals surface area contributed by atoms with E-state index in [1.807, 2.05) is 0 Å². The molecule has 1 amide bonds. The largest absolute Gasteiger partial charge is 0.480 e. The predicted octanol–water partition coefficient (Wildman–Crippen LogP) is 2.30. The van der Waals surface area contributed by atoms with Gasteiger partial charge in [0.2, 0.25) is 0 Å². The minimum atomic E-state index is -4.54. The highest BCUT2D eigenvalue weighted by Crippen LogP contribution is 2.31. The Morgan fingerprint density at radius 2 is 2.00 bits per heavy atom. The second-order valence-corrected chi connectivity index (χ2v) is 4.75. The molecule has 0 fully saturated rings. The molecule has 0 aliphatic carbocycles. The molecule has 0 saturated heterocycles. The number of hydrogen-bond acceptors (Lipinski definition) is 3. The van der Waals surface area contributed by atoms with Crippen LogP contribution in [0.4, 0.5) is 13.2 Å². The number of carbonyl (C=O) groups excluding carboxylic acids is 1. The third-order valence-corrected chi connectivity index (χ3v) is 2.99. The highest BCUT2D eigenvalue weighted by Gasteiger charge is 2.31. The molecule has 2 N–H and O–H groups in total. The Morgan fingerprint density at radius 3 is 2.57 bits per heavy atom. The van der Waals surface area contributed by atoms with E-state index >= 15 is 0 Å². The summed E-state index contributed by atoms with van der Waals surface area (Å²) in [6, 6.07) is 2.73. The summed E-state index contributed by atoms with van der Waals surface area (Å²) in [7, 11) is 0. The van der Waals surface area contributed by atoms with Gasteiger partial charge in [0, 0.05) is 11.0 Å². The monoisotopic (exact) mass is 369 g/mol. The van der Waals surface area contributed by atoms with Crippen molar-refractivity contribution in [3.63, 3.8) is 0 Å². The first-order chi connectivity index (χ1) is 9.71. The van der Waals surface area contributed by atoms with Crippen molar-refractivity contribution in [2.24, 2.45) is 0 Å². The van der Waals surface area contributed by atoms with E-state index in [2.05, 4.69) is 26.0 Å². The molecule has 0 aliphatic rings. The summed E-state index contributed by atoms with van der Waals surface area (Å²) >= 11 is 3.00. The van der Waals surface area contributed by atoms with Crippen molar-refractivity contribution in [2.75, 3.05) is 19.8 Å². The van der Waals surface area contributed by atoms with Crippen molar-refractivity contribution in [1.82, 2.24) is 5.32 Å². The number of nitrogens with one attached hydrogen (secondary N) is 1. The summed E-state index contributed by atoms with van der Waals surface area (Å²) in [4.78, 5) is 21.9. The second kappa shape index (κ2) is 7.41. The lowest BCUT2D eigenvalue weighted by Crippen LogP contribution is -2.28. The van der Waals surface area contributed by atoms with Gasteiger partial charge >= 0.3 is 12.1 Å². The Morgan fingerprint density at radius 1 is 1.33 bits per heavy atom. The minimum Gasteiger partial charge on any atom is -0.480 e. The van der Waals surface area contributed by atoms with E-state index in [4.69, 9.17) is 5.11 Å². The van der Waals surface area contributed by atoms with Crippen LogP contribution < -0.4 is 5.32 Å². The van der Waals surface area contributed by atoms with Crippen molar-refractivity contribution in [3.05, 3.63) is 33.8 Å². The Balaban J connectivity index is 2.63. The first kappa shape index (κ1) is 17.4. The van der Waals surface area contributed by atoms with Gasteiger partial charge in [0.15, 0.2) is 0 Å². The number of carbonyl (C=O) groups is 2. The molecule has 1 aromatic carbocycles. The molecule has 0 heterocycles. The van der Waals surface area contributed by atoms with E-state index in [1.165, 1.54) is 0 Å². The first-order valence-corrected chi connectivity index (χ1v) is 6.45. The van der Waals surface area contributed by atoms with Crippen molar-refractivity contribution < 1.29 is 32.6 Å². The lowest BCUT2D eigenvalue weighted by atomic mass is 10.1. The summed E-state index contributed by atoms with van der Waals surface area (Å²) in [6.07, 6.45) is -4.54. The molecule has 116 valence electrons. The van der Waals surface area contributed by atoms with Gasteiger partial charge in [-0.05, 0) is 34.1 Å². The van der Waals surface area contributed by atoms with Gasteiger partial charge in [-0.3, -0.25) is 4.79 Å². The van der Waals surface area contributed by atoms with E-state index in [9.17, 15) is 22.8 Å². The van der Waals surface area contributed by atoms with E-state index in [0.29, 0.717) is 0 Å². The lowest BCUT2D eigenvalue weighted by Gasteiger charge is -2.11. The van der Waals surface area contributed by atoms with Crippen LogP contribution in [0.15, 0.2) is 22.7 Å². The summed E-state index contributed by atoms with van der Waals surface area (Å²) in [5.74, 6) is -1.87. The van der Waals surface area contributed by atoms with Crippen LogP contribution in [0.3, 0.4) is 0 Å². The minimum absolute atomic E-state index is 0.0190. The van der Waals surface area contributed by atoms with Gasteiger partial charge in [0.05, 0.1) is 17.7 Å². The summed E-state index contributed by atoms with van der Waals surface area (Å²) < 4.78 is 42.6. The standard InChI is InChI=1S/C12H11BrF3NO4/c13-9-2-1-7(12(14,15)16)5-8(9)11(20)17-3-4-21-6-10(18)19/h1-2,5H,3-4,6H2,(H,17,20)(H,18,19). The molecule has 0 aromatic heterocycles. The van der Waals surface area contributed by atoms with Crippen LogP contribution in [-0.2, 0) is 15.7 Å². The van der Waals surface area contributed by atoms with E-state index in [1.54, 1.807) is 0 Å². The van der Waals surface area contributed by atoms with Crippen LogP contribution in [0, 0.1) is 0 Å². The normalized spacial score (nSPS) is 11.2. The molecule has 0 bridgehead atoms. The molecule has 0 saturated carbocycles. The maximum absolute atomic E-state index is 12.6. The second-order valence-electron chi connectivity index (χ2n) is 3.89. The van der Waals surface area contributed by atoms with Gasteiger partial charge in [0.1, 0.15) is 6.61 Å². The highest BCUT2D eigenvalue weighted by atomic mass is 79.9. The summed E-state index contributed by atoms with van der Waals surface area (Å²) in [6.45, 7) is -0.591. The van der Waals surface area contributed by atoms with Crippen molar-refractivity contribution >= 4 is 27.8 Å². The number of alkyl halides is 3. The maximum atomic E-state index is 12.6. The van der Waals surface area contributed by atoms with Crippen LogP contribution in [0.25, 0.3) is 0 Å². The van der Waals surface area contributed by atoms with E-state index in [0.717, 1.165) is 18.2 Å². The number of amides is 1. The van der Waals surface area contributed by atoms with Crippen LogP contribution in [-0.4, -0.2) is 36.7 Å². The average Bonchev–Trinajstić information content (AvgIpc) is 2.36. The van der Waals surface area contributed by atoms with Gasteiger partial charge < -0.3 is 15.2 Å². The summed E-state index contributed by atoms with van der Waals surface area (Å²) in [5, 5.41) is 10.7. The van der Waals surface area contributed by atoms with Crippen molar-refractivity contribution in [2.45, 2.75) is 6.18 Å². The molecule has 0 radical (unpaired) electrons. The smallest absolute Gasteiger partial charge is 0.416 e. The molecule has 5 nitrogen and oxygen atoms in total. The molecule has 1 rings (SSSR count). The van der Waals surface area contributed by atoms with Gasteiger partial charge in [-0.15, -0.1) is 0 Å². The highest BCUT2D eigenvalue weighted by molar-refractivity contribution is 9.10. The number of aliphatic carboxylic acids is 1. The molecular formula is C12H11BrF3NO4. The van der Waals surface area contributed by atoms with Crippen LogP contribution in [0.1, 0.15) is 15.9 Å². The maximum Gasteiger partial charge on any atom is 0.416 e. The number of benzene rings is 1. The van der Waals surface area contributed by atoms with Gasteiger partial charge in [-0.1, -0.05) is 0 Å². The zero-order valence-electron chi connectivity index (χ0n) is 10.5. The first-order valence-electron chi connectivity index (χ1n) is 5.66. The lowest BCUT2D eigenvalue weighted by molar-refractivity contribution is -0.142.